The molecule has 1 aliphatic rings. The first-order valence-electron chi connectivity index (χ1n) is 6.49. The zero-order valence-corrected chi connectivity index (χ0v) is 10.8. The zero-order chi connectivity index (χ0) is 12.8. The van der Waals surface area contributed by atoms with Gasteiger partial charge in [-0.3, -0.25) is 16.3 Å². The molecular weight excluding hydrogens is 230 g/mol. The highest BCUT2D eigenvalue weighted by molar-refractivity contribution is 5.26. The molecule has 0 aliphatic carbocycles. The van der Waals surface area contributed by atoms with E-state index in [0.717, 1.165) is 37.2 Å². The van der Waals surface area contributed by atoms with E-state index in [1.807, 2.05) is 19.2 Å². The number of aromatic nitrogens is 1. The fourth-order valence-electron chi connectivity index (χ4n) is 2.27. The Kier molecular flexibility index (Phi) is 4.92. The molecule has 18 heavy (non-hydrogen) atoms. The average molecular weight is 251 g/mol. The predicted molar refractivity (Wildman–Crippen MR) is 69.1 cm³/mol. The van der Waals surface area contributed by atoms with Crippen molar-refractivity contribution in [1.29, 1.82) is 0 Å². The molecular formula is C13H21N3O2. The number of ether oxygens (including phenoxy) is 2. The summed E-state index contributed by atoms with van der Waals surface area (Å²) in [4.78, 5) is 4.19. The van der Waals surface area contributed by atoms with Crippen LogP contribution < -0.4 is 16.0 Å². The van der Waals surface area contributed by atoms with Crippen molar-refractivity contribution in [3.8, 4) is 5.75 Å². The SMILES string of the molecule is CCOc1cncc(C(CC2CCCO2)NN)c1. The van der Waals surface area contributed by atoms with Gasteiger partial charge < -0.3 is 9.47 Å². The van der Waals surface area contributed by atoms with Crippen LogP contribution in [0.5, 0.6) is 5.75 Å². The molecule has 1 aliphatic heterocycles. The summed E-state index contributed by atoms with van der Waals surface area (Å²) in [5.74, 6) is 6.41. The van der Waals surface area contributed by atoms with E-state index in [-0.39, 0.29) is 6.04 Å². The van der Waals surface area contributed by atoms with E-state index in [4.69, 9.17) is 15.3 Å². The summed E-state index contributed by atoms with van der Waals surface area (Å²) in [6.07, 6.45) is 6.94. The van der Waals surface area contributed by atoms with Crippen molar-refractivity contribution in [1.82, 2.24) is 10.4 Å². The number of nitrogens with zero attached hydrogens (tertiary/aromatic N) is 1. The van der Waals surface area contributed by atoms with Gasteiger partial charge in [0.2, 0.25) is 0 Å². The first kappa shape index (κ1) is 13.3. The van der Waals surface area contributed by atoms with Crippen molar-refractivity contribution >= 4 is 0 Å². The third kappa shape index (κ3) is 3.41. The molecule has 0 radical (unpaired) electrons. The lowest BCUT2D eigenvalue weighted by Gasteiger charge is -2.20. The normalized spacial score (nSPS) is 20.9. The largest absolute Gasteiger partial charge is 0.492 e. The summed E-state index contributed by atoms with van der Waals surface area (Å²) in [6, 6.07) is 2.04. The second-order valence-electron chi connectivity index (χ2n) is 4.48. The van der Waals surface area contributed by atoms with Crippen LogP contribution in [0.1, 0.15) is 37.8 Å². The van der Waals surface area contributed by atoms with E-state index < -0.39 is 0 Å². The van der Waals surface area contributed by atoms with Crippen LogP contribution in [0.2, 0.25) is 0 Å². The van der Waals surface area contributed by atoms with Crippen LogP contribution in [0.15, 0.2) is 18.5 Å². The molecule has 0 bridgehead atoms. The highest BCUT2D eigenvalue weighted by Crippen LogP contribution is 2.26. The number of nitrogens with one attached hydrogen (secondary N) is 1. The Balaban J connectivity index is 2.03. The Hall–Kier alpha value is -1.17. The Morgan fingerprint density at radius 2 is 2.50 bits per heavy atom. The second-order valence-corrected chi connectivity index (χ2v) is 4.48. The number of hydrazine groups is 1. The zero-order valence-electron chi connectivity index (χ0n) is 10.8. The molecule has 2 rings (SSSR count). The van der Waals surface area contributed by atoms with Gasteiger partial charge in [-0.15, -0.1) is 0 Å². The summed E-state index contributed by atoms with van der Waals surface area (Å²) in [7, 11) is 0. The molecule has 0 aromatic carbocycles. The van der Waals surface area contributed by atoms with Crippen molar-refractivity contribution in [3.05, 3.63) is 24.0 Å². The number of nitrogens with two attached hydrogens (primary N) is 1. The molecule has 0 saturated carbocycles. The van der Waals surface area contributed by atoms with Crippen molar-refractivity contribution in [2.45, 2.75) is 38.3 Å². The van der Waals surface area contributed by atoms with Gasteiger partial charge in [-0.05, 0) is 37.8 Å². The Morgan fingerprint density at radius 3 is 3.17 bits per heavy atom. The maximum absolute atomic E-state index is 5.64. The third-order valence-corrected chi connectivity index (χ3v) is 3.17. The van der Waals surface area contributed by atoms with Gasteiger partial charge in [0, 0.05) is 12.8 Å². The summed E-state index contributed by atoms with van der Waals surface area (Å²) in [6.45, 7) is 3.45. The fourth-order valence-corrected chi connectivity index (χ4v) is 2.27. The molecule has 3 N–H and O–H groups in total. The lowest BCUT2D eigenvalue weighted by atomic mass is 10.0. The van der Waals surface area contributed by atoms with E-state index >= 15 is 0 Å². The number of pyridine rings is 1. The average Bonchev–Trinajstić information content (AvgIpc) is 2.89. The molecule has 100 valence electrons. The fraction of sp³-hybridized carbons (Fsp3) is 0.615. The monoisotopic (exact) mass is 251 g/mol. The Labute approximate surface area is 108 Å². The lowest BCUT2D eigenvalue weighted by molar-refractivity contribution is 0.0945. The quantitative estimate of drug-likeness (QED) is 0.593. The van der Waals surface area contributed by atoms with Crippen molar-refractivity contribution in [2.24, 2.45) is 5.84 Å². The molecule has 2 heterocycles. The van der Waals surface area contributed by atoms with Crippen molar-refractivity contribution < 1.29 is 9.47 Å². The Morgan fingerprint density at radius 1 is 1.61 bits per heavy atom. The molecule has 1 aromatic heterocycles. The predicted octanol–water partition coefficient (Wildman–Crippen LogP) is 1.55. The smallest absolute Gasteiger partial charge is 0.137 e. The summed E-state index contributed by atoms with van der Waals surface area (Å²) in [5, 5.41) is 0. The van der Waals surface area contributed by atoms with E-state index in [2.05, 4.69) is 10.4 Å². The van der Waals surface area contributed by atoms with Gasteiger partial charge in [0.05, 0.1) is 24.9 Å². The highest BCUT2D eigenvalue weighted by Gasteiger charge is 2.21. The molecule has 1 saturated heterocycles. The standard InChI is InChI=1S/C13H21N3O2/c1-2-17-12-6-10(8-15-9-12)13(16-14)7-11-4-3-5-18-11/h6,8-9,11,13,16H,2-5,7,14H2,1H3. The Bertz CT molecular complexity index is 367. The number of hydrogen-bond acceptors (Lipinski definition) is 5. The first-order chi connectivity index (χ1) is 8.83. The number of rotatable bonds is 6. The van der Waals surface area contributed by atoms with Gasteiger partial charge in [0.25, 0.3) is 0 Å². The topological polar surface area (TPSA) is 69.4 Å². The molecule has 0 spiro atoms. The van der Waals surface area contributed by atoms with E-state index in [0.29, 0.717) is 12.7 Å². The van der Waals surface area contributed by atoms with E-state index in [1.54, 1.807) is 6.20 Å². The van der Waals surface area contributed by atoms with Crippen molar-refractivity contribution in [2.75, 3.05) is 13.2 Å². The third-order valence-electron chi connectivity index (χ3n) is 3.17. The van der Waals surface area contributed by atoms with E-state index in [1.165, 1.54) is 0 Å². The van der Waals surface area contributed by atoms with Gasteiger partial charge >= 0.3 is 0 Å². The minimum atomic E-state index is 0.0565. The van der Waals surface area contributed by atoms with Gasteiger partial charge in [0.15, 0.2) is 0 Å². The number of hydrogen-bond donors (Lipinski definition) is 2. The first-order valence-corrected chi connectivity index (χ1v) is 6.49. The maximum Gasteiger partial charge on any atom is 0.137 e. The summed E-state index contributed by atoms with van der Waals surface area (Å²) >= 11 is 0. The molecule has 0 amide bonds. The van der Waals surface area contributed by atoms with E-state index in [9.17, 15) is 0 Å². The second kappa shape index (κ2) is 6.68. The molecule has 5 heteroatoms. The molecule has 5 nitrogen and oxygen atoms in total. The molecule has 1 aromatic rings. The van der Waals surface area contributed by atoms with Crippen LogP contribution in [0, 0.1) is 0 Å². The van der Waals surface area contributed by atoms with Crippen LogP contribution in [0.3, 0.4) is 0 Å². The van der Waals surface area contributed by atoms with Gasteiger partial charge in [0.1, 0.15) is 5.75 Å². The van der Waals surface area contributed by atoms with Crippen LogP contribution in [-0.4, -0.2) is 24.3 Å². The summed E-state index contributed by atoms with van der Waals surface area (Å²) < 4.78 is 11.1. The van der Waals surface area contributed by atoms with Gasteiger partial charge in [-0.25, -0.2) is 0 Å². The minimum Gasteiger partial charge on any atom is -0.492 e. The van der Waals surface area contributed by atoms with Gasteiger partial charge in [-0.2, -0.15) is 0 Å². The highest BCUT2D eigenvalue weighted by atomic mass is 16.5. The molecule has 2 unspecified atom stereocenters. The van der Waals surface area contributed by atoms with Crippen LogP contribution in [-0.2, 0) is 4.74 Å². The van der Waals surface area contributed by atoms with Crippen LogP contribution in [0.4, 0.5) is 0 Å². The molecule has 1 fully saturated rings. The molecule has 2 atom stereocenters. The van der Waals surface area contributed by atoms with Crippen molar-refractivity contribution in [3.63, 3.8) is 0 Å². The summed E-state index contributed by atoms with van der Waals surface area (Å²) in [5.41, 5.74) is 3.88. The van der Waals surface area contributed by atoms with Crippen LogP contribution in [0.25, 0.3) is 0 Å². The van der Waals surface area contributed by atoms with Crippen LogP contribution >= 0.6 is 0 Å². The van der Waals surface area contributed by atoms with Gasteiger partial charge in [-0.1, -0.05) is 0 Å². The lowest BCUT2D eigenvalue weighted by Crippen LogP contribution is -2.31. The maximum atomic E-state index is 5.64. The minimum absolute atomic E-state index is 0.0565.